The first-order valence-electron chi connectivity index (χ1n) is 7.28. The van der Waals surface area contributed by atoms with E-state index in [4.69, 9.17) is 9.47 Å². The molecule has 0 spiro atoms. The van der Waals surface area contributed by atoms with Gasteiger partial charge in [-0.2, -0.15) is 0 Å². The molecule has 0 saturated heterocycles. The van der Waals surface area contributed by atoms with Crippen LogP contribution in [0.1, 0.15) is 11.1 Å². The lowest BCUT2D eigenvalue weighted by atomic mass is 10.2. The Morgan fingerprint density at radius 1 is 0.500 bits per heavy atom. The maximum Gasteiger partial charge on any atom is 0.131 e. The molecule has 0 aliphatic carbocycles. The van der Waals surface area contributed by atoms with Crippen LogP contribution in [0.2, 0.25) is 0 Å². The fraction of sp³-hybridized carbons (Fsp3) is 0.100. The average Bonchev–Trinajstić information content (AvgIpc) is 2.52. The largest absolute Gasteiger partial charge is 0.457 e. The van der Waals surface area contributed by atoms with Gasteiger partial charge < -0.3 is 9.47 Å². The number of hydrogen-bond acceptors (Lipinski definition) is 2. The van der Waals surface area contributed by atoms with Gasteiger partial charge in [-0.1, -0.05) is 41.5 Å². The summed E-state index contributed by atoms with van der Waals surface area (Å²) in [6.07, 6.45) is 0. The molecule has 0 saturated carbocycles. The summed E-state index contributed by atoms with van der Waals surface area (Å²) in [5.74, 6) is 3.15. The molecule has 3 aromatic rings. The summed E-state index contributed by atoms with van der Waals surface area (Å²) in [5, 5.41) is 0. The van der Waals surface area contributed by atoms with Gasteiger partial charge in [0, 0.05) is 6.07 Å². The Hall–Kier alpha value is -2.74. The summed E-state index contributed by atoms with van der Waals surface area (Å²) in [6.45, 7) is 4.11. The van der Waals surface area contributed by atoms with E-state index in [0.717, 1.165) is 23.0 Å². The second kappa shape index (κ2) is 6.35. The highest BCUT2D eigenvalue weighted by molar-refractivity contribution is 5.40. The molecule has 0 heterocycles. The molecule has 0 bridgehead atoms. The maximum atomic E-state index is 5.85. The number of ether oxygens (including phenoxy) is 2. The van der Waals surface area contributed by atoms with Gasteiger partial charge in [0.25, 0.3) is 0 Å². The lowest BCUT2D eigenvalue weighted by molar-refractivity contribution is 0.460. The SMILES string of the molecule is Cc1ccc(Oc2cccc(Oc3ccc(C)cc3)c2)cc1. The summed E-state index contributed by atoms with van der Waals surface area (Å²) in [6, 6.07) is 23.6. The highest BCUT2D eigenvalue weighted by atomic mass is 16.5. The zero-order chi connectivity index (χ0) is 15.4. The maximum absolute atomic E-state index is 5.85. The third-order valence-corrected chi connectivity index (χ3v) is 3.32. The number of rotatable bonds is 4. The molecule has 0 aromatic heterocycles. The fourth-order valence-corrected chi connectivity index (χ4v) is 2.09. The van der Waals surface area contributed by atoms with Gasteiger partial charge in [0.05, 0.1) is 0 Å². The van der Waals surface area contributed by atoms with E-state index in [-0.39, 0.29) is 0 Å². The van der Waals surface area contributed by atoms with E-state index >= 15 is 0 Å². The minimum Gasteiger partial charge on any atom is -0.457 e. The predicted molar refractivity (Wildman–Crippen MR) is 88.9 cm³/mol. The Bertz CT molecular complexity index is 681. The van der Waals surface area contributed by atoms with Crippen molar-refractivity contribution in [2.24, 2.45) is 0 Å². The quantitative estimate of drug-likeness (QED) is 0.596. The van der Waals surface area contributed by atoms with Crippen molar-refractivity contribution >= 4 is 0 Å². The minimum atomic E-state index is 0.758. The van der Waals surface area contributed by atoms with Crippen LogP contribution < -0.4 is 9.47 Å². The minimum absolute atomic E-state index is 0.758. The van der Waals surface area contributed by atoms with E-state index in [1.54, 1.807) is 0 Å². The topological polar surface area (TPSA) is 18.5 Å². The summed E-state index contributed by atoms with van der Waals surface area (Å²) in [4.78, 5) is 0. The molecule has 0 unspecified atom stereocenters. The van der Waals surface area contributed by atoms with Crippen molar-refractivity contribution in [3.63, 3.8) is 0 Å². The smallest absolute Gasteiger partial charge is 0.131 e. The van der Waals surface area contributed by atoms with Crippen LogP contribution in [0.4, 0.5) is 0 Å². The van der Waals surface area contributed by atoms with Gasteiger partial charge in [0.1, 0.15) is 23.0 Å². The van der Waals surface area contributed by atoms with Crippen LogP contribution in [-0.4, -0.2) is 0 Å². The van der Waals surface area contributed by atoms with Crippen molar-refractivity contribution in [1.82, 2.24) is 0 Å². The molecule has 0 radical (unpaired) electrons. The third kappa shape index (κ3) is 3.67. The molecule has 3 rings (SSSR count). The van der Waals surface area contributed by atoms with Crippen molar-refractivity contribution in [2.75, 3.05) is 0 Å². The molecule has 0 atom stereocenters. The van der Waals surface area contributed by atoms with Crippen LogP contribution in [-0.2, 0) is 0 Å². The van der Waals surface area contributed by atoms with Gasteiger partial charge in [-0.05, 0) is 50.2 Å². The second-order valence-corrected chi connectivity index (χ2v) is 5.31. The molecule has 3 aromatic carbocycles. The van der Waals surface area contributed by atoms with E-state index in [1.165, 1.54) is 11.1 Å². The van der Waals surface area contributed by atoms with Gasteiger partial charge in [-0.15, -0.1) is 0 Å². The van der Waals surface area contributed by atoms with Crippen LogP contribution in [0.25, 0.3) is 0 Å². The Labute approximate surface area is 131 Å². The molecular weight excluding hydrogens is 272 g/mol. The van der Waals surface area contributed by atoms with Crippen molar-refractivity contribution in [2.45, 2.75) is 13.8 Å². The van der Waals surface area contributed by atoms with Crippen LogP contribution in [0.15, 0.2) is 72.8 Å². The first-order chi connectivity index (χ1) is 10.7. The standard InChI is InChI=1S/C20H18O2/c1-15-6-10-17(11-7-15)21-19-4-3-5-20(14-19)22-18-12-8-16(2)9-13-18/h3-14H,1-2H3. The summed E-state index contributed by atoms with van der Waals surface area (Å²) < 4.78 is 11.7. The van der Waals surface area contributed by atoms with Crippen LogP contribution >= 0.6 is 0 Å². The lowest BCUT2D eigenvalue weighted by Gasteiger charge is -2.09. The molecule has 0 amide bonds. The monoisotopic (exact) mass is 290 g/mol. The van der Waals surface area contributed by atoms with Crippen LogP contribution in [0.5, 0.6) is 23.0 Å². The second-order valence-electron chi connectivity index (χ2n) is 5.31. The highest BCUT2D eigenvalue weighted by Crippen LogP contribution is 2.28. The van der Waals surface area contributed by atoms with E-state index in [2.05, 4.69) is 13.8 Å². The normalized spacial score (nSPS) is 10.3. The third-order valence-electron chi connectivity index (χ3n) is 3.32. The molecule has 0 aliphatic rings. The Balaban J connectivity index is 1.74. The summed E-state index contributed by atoms with van der Waals surface area (Å²) >= 11 is 0. The molecule has 22 heavy (non-hydrogen) atoms. The van der Waals surface area contributed by atoms with Crippen molar-refractivity contribution < 1.29 is 9.47 Å². The molecule has 110 valence electrons. The molecular formula is C20H18O2. The zero-order valence-electron chi connectivity index (χ0n) is 12.7. The van der Waals surface area contributed by atoms with E-state index in [9.17, 15) is 0 Å². The summed E-state index contributed by atoms with van der Waals surface area (Å²) in [7, 11) is 0. The highest BCUT2D eigenvalue weighted by Gasteiger charge is 2.01. The number of benzene rings is 3. The number of hydrogen-bond donors (Lipinski definition) is 0. The Kier molecular flexibility index (Phi) is 4.10. The fourth-order valence-electron chi connectivity index (χ4n) is 2.09. The van der Waals surface area contributed by atoms with Crippen LogP contribution in [0.3, 0.4) is 0 Å². The number of aryl methyl sites for hydroxylation is 2. The van der Waals surface area contributed by atoms with Crippen molar-refractivity contribution in [1.29, 1.82) is 0 Å². The van der Waals surface area contributed by atoms with E-state index in [0.29, 0.717) is 0 Å². The van der Waals surface area contributed by atoms with E-state index < -0.39 is 0 Å². The van der Waals surface area contributed by atoms with Crippen LogP contribution in [0, 0.1) is 13.8 Å². The van der Waals surface area contributed by atoms with Gasteiger partial charge in [0.2, 0.25) is 0 Å². The Morgan fingerprint density at radius 2 is 0.909 bits per heavy atom. The molecule has 2 heteroatoms. The zero-order valence-corrected chi connectivity index (χ0v) is 12.7. The van der Waals surface area contributed by atoms with Crippen molar-refractivity contribution in [3.05, 3.63) is 83.9 Å². The predicted octanol–water partition coefficient (Wildman–Crippen LogP) is 5.89. The molecule has 0 aliphatic heterocycles. The van der Waals surface area contributed by atoms with Gasteiger partial charge in [0.15, 0.2) is 0 Å². The lowest BCUT2D eigenvalue weighted by Crippen LogP contribution is -1.87. The van der Waals surface area contributed by atoms with Gasteiger partial charge in [-0.25, -0.2) is 0 Å². The van der Waals surface area contributed by atoms with Gasteiger partial charge >= 0.3 is 0 Å². The first kappa shape index (κ1) is 14.2. The first-order valence-corrected chi connectivity index (χ1v) is 7.28. The average molecular weight is 290 g/mol. The van der Waals surface area contributed by atoms with E-state index in [1.807, 2.05) is 72.8 Å². The molecule has 0 fully saturated rings. The van der Waals surface area contributed by atoms with Gasteiger partial charge in [-0.3, -0.25) is 0 Å². The Morgan fingerprint density at radius 3 is 1.32 bits per heavy atom. The van der Waals surface area contributed by atoms with Crippen molar-refractivity contribution in [3.8, 4) is 23.0 Å². The molecule has 2 nitrogen and oxygen atoms in total. The molecule has 0 N–H and O–H groups in total. The summed E-state index contributed by atoms with van der Waals surface area (Å²) in [5.41, 5.74) is 2.42.